The molecular formula is C56H37N3. The molecule has 12 aromatic rings. The van der Waals surface area contributed by atoms with Crippen molar-refractivity contribution in [3.63, 3.8) is 0 Å². The molecule has 59 heavy (non-hydrogen) atoms. The lowest BCUT2D eigenvalue weighted by atomic mass is 10.0. The third-order valence-corrected chi connectivity index (χ3v) is 12.0. The van der Waals surface area contributed by atoms with Gasteiger partial charge in [0.05, 0.1) is 33.3 Å². The first kappa shape index (κ1) is 33.3. The number of hydrogen-bond acceptors (Lipinski definition) is 0. The van der Waals surface area contributed by atoms with Crippen LogP contribution in [0, 0.1) is 0 Å². The zero-order valence-corrected chi connectivity index (χ0v) is 32.2. The van der Waals surface area contributed by atoms with Gasteiger partial charge in [0.25, 0.3) is 0 Å². The van der Waals surface area contributed by atoms with Crippen LogP contribution in [-0.4, -0.2) is 13.7 Å². The molecule has 0 bridgehead atoms. The fraction of sp³-hybridized carbons (Fsp3) is 0. The van der Waals surface area contributed by atoms with Gasteiger partial charge < -0.3 is 13.7 Å². The van der Waals surface area contributed by atoms with Crippen molar-refractivity contribution in [2.75, 3.05) is 0 Å². The van der Waals surface area contributed by atoms with Crippen LogP contribution in [0.2, 0.25) is 0 Å². The number of nitrogens with zero attached hydrogens (tertiary/aromatic N) is 3. The van der Waals surface area contributed by atoms with Crippen molar-refractivity contribution in [3.05, 3.63) is 224 Å². The van der Waals surface area contributed by atoms with E-state index in [0.717, 1.165) is 17.1 Å². The maximum Gasteiger partial charge on any atom is 0.0635 e. The van der Waals surface area contributed by atoms with E-state index in [2.05, 4.69) is 238 Å². The summed E-state index contributed by atoms with van der Waals surface area (Å²) >= 11 is 0. The Morgan fingerprint density at radius 3 is 1.32 bits per heavy atom. The van der Waals surface area contributed by atoms with Crippen molar-refractivity contribution in [3.8, 4) is 50.6 Å². The molecule has 0 atom stereocenters. The second-order valence-corrected chi connectivity index (χ2v) is 15.4. The fourth-order valence-electron chi connectivity index (χ4n) is 9.38. The third kappa shape index (κ3) is 5.29. The van der Waals surface area contributed by atoms with Gasteiger partial charge in [0.2, 0.25) is 0 Å². The molecule has 0 N–H and O–H groups in total. The summed E-state index contributed by atoms with van der Waals surface area (Å²) in [6, 6.07) is 81.7. The molecule has 0 unspecified atom stereocenters. The van der Waals surface area contributed by atoms with Gasteiger partial charge >= 0.3 is 0 Å². The Hall–Kier alpha value is -7.88. The molecule has 0 spiro atoms. The highest BCUT2D eigenvalue weighted by molar-refractivity contribution is 6.19. The van der Waals surface area contributed by atoms with Gasteiger partial charge in [-0.15, -0.1) is 0 Å². The van der Waals surface area contributed by atoms with E-state index in [1.54, 1.807) is 0 Å². The molecule has 0 amide bonds. The molecule has 0 radical (unpaired) electrons. The highest BCUT2D eigenvalue weighted by Gasteiger charge is 2.21. The normalized spacial score (nSPS) is 11.7. The number of aromatic nitrogens is 3. The summed E-state index contributed by atoms with van der Waals surface area (Å²) in [7, 11) is 0. The second-order valence-electron chi connectivity index (χ2n) is 15.4. The molecule has 0 aliphatic rings. The van der Waals surface area contributed by atoms with Crippen molar-refractivity contribution in [1.82, 2.24) is 13.7 Å². The summed E-state index contributed by atoms with van der Waals surface area (Å²) < 4.78 is 7.34. The summed E-state index contributed by atoms with van der Waals surface area (Å²) in [5.74, 6) is 0. The number of rotatable bonds is 6. The van der Waals surface area contributed by atoms with Crippen molar-refractivity contribution in [1.29, 1.82) is 0 Å². The average molecular weight is 752 g/mol. The lowest BCUT2D eigenvalue weighted by Crippen LogP contribution is -1.99. The van der Waals surface area contributed by atoms with Crippen molar-refractivity contribution < 1.29 is 0 Å². The standard InChI is InChI=1S/C56H37N3/c1-5-16-38(17-6-1)41-28-31-52-48(34-41)49-35-42(39-18-7-2-8-19-39)29-32-53(49)58(52)44-24-15-25-45(36-44)59-51-27-14-13-26-46(51)47-30-33-54-50(56(47)59)37-55(40-20-9-3-10-21-40)57(54)43-22-11-4-12-23-43/h1-37H. The number of para-hydroxylation sites is 2. The molecule has 3 nitrogen and oxygen atoms in total. The molecule has 0 aliphatic carbocycles. The molecule has 12 rings (SSSR count). The van der Waals surface area contributed by atoms with Gasteiger partial charge in [-0.3, -0.25) is 0 Å². The van der Waals surface area contributed by atoms with E-state index in [0.29, 0.717) is 0 Å². The van der Waals surface area contributed by atoms with Crippen LogP contribution in [0.3, 0.4) is 0 Å². The molecule has 276 valence electrons. The van der Waals surface area contributed by atoms with Gasteiger partial charge in [0.15, 0.2) is 0 Å². The Morgan fingerprint density at radius 2 is 0.695 bits per heavy atom. The quantitative estimate of drug-likeness (QED) is 0.161. The van der Waals surface area contributed by atoms with Gasteiger partial charge in [0, 0.05) is 44.0 Å². The number of benzene rings is 9. The van der Waals surface area contributed by atoms with Crippen LogP contribution in [0.4, 0.5) is 0 Å². The Balaban J connectivity index is 1.12. The topological polar surface area (TPSA) is 14.8 Å². The average Bonchev–Trinajstić information content (AvgIpc) is 3.98. The monoisotopic (exact) mass is 751 g/mol. The van der Waals surface area contributed by atoms with Crippen LogP contribution in [0.15, 0.2) is 224 Å². The number of hydrogen-bond donors (Lipinski definition) is 0. The van der Waals surface area contributed by atoms with Gasteiger partial charge in [-0.05, 0) is 101 Å². The maximum absolute atomic E-state index is 2.48. The molecule has 0 aliphatic heterocycles. The highest BCUT2D eigenvalue weighted by Crippen LogP contribution is 2.42. The zero-order valence-electron chi connectivity index (χ0n) is 32.2. The van der Waals surface area contributed by atoms with Crippen LogP contribution < -0.4 is 0 Å². The van der Waals surface area contributed by atoms with Crippen LogP contribution in [0.5, 0.6) is 0 Å². The Kier molecular flexibility index (Phi) is 7.54. The van der Waals surface area contributed by atoms with E-state index in [9.17, 15) is 0 Å². The fourth-order valence-corrected chi connectivity index (χ4v) is 9.38. The van der Waals surface area contributed by atoms with Gasteiger partial charge in [-0.2, -0.15) is 0 Å². The SMILES string of the molecule is c1ccc(-c2ccc3c(c2)c2cc(-c4ccccc4)ccc2n3-c2cccc(-n3c4ccccc4c4ccc5c(cc(-c6ccccc6)n5-c5ccccc5)c43)c2)cc1. The van der Waals surface area contributed by atoms with E-state index in [4.69, 9.17) is 0 Å². The minimum Gasteiger partial charge on any atom is -0.309 e. The summed E-state index contributed by atoms with van der Waals surface area (Å²) in [4.78, 5) is 0. The van der Waals surface area contributed by atoms with E-state index in [1.807, 2.05) is 0 Å². The van der Waals surface area contributed by atoms with E-state index in [1.165, 1.54) is 88.0 Å². The Morgan fingerprint density at radius 1 is 0.220 bits per heavy atom. The maximum atomic E-state index is 2.48. The molecular weight excluding hydrogens is 715 g/mol. The third-order valence-electron chi connectivity index (χ3n) is 12.0. The number of fused-ring (bicyclic) bond motifs is 8. The molecule has 0 saturated heterocycles. The van der Waals surface area contributed by atoms with Crippen LogP contribution in [-0.2, 0) is 0 Å². The van der Waals surface area contributed by atoms with Crippen molar-refractivity contribution in [2.24, 2.45) is 0 Å². The molecule has 9 aromatic carbocycles. The van der Waals surface area contributed by atoms with E-state index in [-0.39, 0.29) is 0 Å². The smallest absolute Gasteiger partial charge is 0.0635 e. The van der Waals surface area contributed by atoms with Gasteiger partial charge in [-0.25, -0.2) is 0 Å². The van der Waals surface area contributed by atoms with Gasteiger partial charge in [-0.1, -0.05) is 152 Å². The first-order valence-corrected chi connectivity index (χ1v) is 20.3. The summed E-state index contributed by atoms with van der Waals surface area (Å²) in [5.41, 5.74) is 16.5. The Bertz CT molecular complexity index is 3420. The predicted octanol–water partition coefficient (Wildman–Crippen LogP) is 14.8. The minimum atomic E-state index is 1.12. The second kappa shape index (κ2) is 13.4. The lowest BCUT2D eigenvalue weighted by molar-refractivity contribution is 1.13. The summed E-state index contributed by atoms with van der Waals surface area (Å²) in [6.45, 7) is 0. The molecule has 0 fully saturated rings. The minimum absolute atomic E-state index is 1.12. The van der Waals surface area contributed by atoms with Crippen LogP contribution >= 0.6 is 0 Å². The Labute approximate surface area is 341 Å². The van der Waals surface area contributed by atoms with Crippen LogP contribution in [0.1, 0.15) is 0 Å². The zero-order chi connectivity index (χ0) is 38.9. The van der Waals surface area contributed by atoms with Crippen LogP contribution in [0.25, 0.3) is 105 Å². The van der Waals surface area contributed by atoms with E-state index >= 15 is 0 Å². The first-order valence-electron chi connectivity index (χ1n) is 20.3. The summed E-state index contributed by atoms with van der Waals surface area (Å²) in [5, 5.41) is 6.16. The first-order chi connectivity index (χ1) is 29.3. The molecule has 3 heterocycles. The molecule has 3 heteroatoms. The highest BCUT2D eigenvalue weighted by atomic mass is 15.0. The van der Waals surface area contributed by atoms with Gasteiger partial charge in [0.1, 0.15) is 0 Å². The lowest BCUT2D eigenvalue weighted by Gasteiger charge is -2.14. The van der Waals surface area contributed by atoms with E-state index < -0.39 is 0 Å². The molecule has 3 aromatic heterocycles. The van der Waals surface area contributed by atoms with Crippen molar-refractivity contribution in [2.45, 2.75) is 0 Å². The molecule has 0 saturated carbocycles. The van der Waals surface area contributed by atoms with Crippen molar-refractivity contribution >= 4 is 54.5 Å². The predicted molar refractivity (Wildman–Crippen MR) is 248 cm³/mol. The summed E-state index contributed by atoms with van der Waals surface area (Å²) in [6.07, 6.45) is 0. The largest absolute Gasteiger partial charge is 0.309 e.